The number of fused-ring (bicyclic) bond motifs is 9. The highest BCUT2D eigenvalue weighted by Crippen LogP contribution is 2.51. The Balaban J connectivity index is 1.35. The van der Waals surface area contributed by atoms with Crippen molar-refractivity contribution in [1.29, 1.82) is 0 Å². The Morgan fingerprint density at radius 1 is 0.564 bits per heavy atom. The lowest BCUT2D eigenvalue weighted by Crippen LogP contribution is -2.17. The molecule has 0 atom stereocenters. The Hall–Kier alpha value is -5.35. The van der Waals surface area contributed by atoms with E-state index in [1.165, 1.54) is 10.9 Å². The van der Waals surface area contributed by atoms with Crippen molar-refractivity contribution in [2.45, 2.75) is 0 Å². The van der Waals surface area contributed by atoms with Crippen LogP contribution in [0.2, 0.25) is 0 Å². The Labute approximate surface area is 224 Å². The van der Waals surface area contributed by atoms with E-state index in [0.29, 0.717) is 0 Å². The molecule has 0 saturated heterocycles. The number of aromatic nitrogens is 2. The van der Waals surface area contributed by atoms with Crippen LogP contribution in [0.5, 0.6) is 0 Å². The zero-order valence-corrected chi connectivity index (χ0v) is 20.9. The van der Waals surface area contributed by atoms with E-state index in [9.17, 15) is 0 Å². The van der Waals surface area contributed by atoms with Crippen LogP contribution in [0, 0.1) is 0 Å². The average Bonchev–Trinajstić information content (AvgIpc) is 3.55. The highest BCUT2D eigenvalue weighted by Gasteiger charge is 2.29. The first-order valence-corrected chi connectivity index (χ1v) is 13.2. The molecule has 5 aromatic carbocycles. The summed E-state index contributed by atoms with van der Waals surface area (Å²) in [7, 11) is 0. The van der Waals surface area contributed by atoms with Crippen LogP contribution in [0.15, 0.2) is 132 Å². The Kier molecular flexibility index (Phi) is 4.02. The molecule has 182 valence electrons. The summed E-state index contributed by atoms with van der Waals surface area (Å²) in [5.41, 5.74) is 10.8. The zero-order chi connectivity index (χ0) is 25.5. The van der Waals surface area contributed by atoms with E-state index in [-0.39, 0.29) is 0 Å². The van der Waals surface area contributed by atoms with Gasteiger partial charge in [0.1, 0.15) is 11.2 Å². The van der Waals surface area contributed by atoms with E-state index in [0.717, 1.165) is 66.8 Å². The molecule has 0 spiro atoms. The molecule has 0 aliphatic carbocycles. The van der Waals surface area contributed by atoms with Crippen LogP contribution in [0.4, 0.5) is 17.1 Å². The third-order valence-electron chi connectivity index (χ3n) is 7.96. The molecule has 1 aliphatic heterocycles. The summed E-state index contributed by atoms with van der Waals surface area (Å²) >= 11 is 0. The smallest absolute Gasteiger partial charge is 0.145 e. The molecule has 3 aromatic heterocycles. The molecule has 8 aromatic rings. The molecule has 0 radical (unpaired) electrons. The highest BCUT2D eigenvalue weighted by molar-refractivity contribution is 6.26. The first-order chi connectivity index (χ1) is 19.4. The fourth-order valence-electron chi connectivity index (χ4n) is 6.31. The Morgan fingerprint density at radius 2 is 1.33 bits per heavy atom. The van der Waals surface area contributed by atoms with Crippen LogP contribution in [-0.2, 0) is 0 Å². The van der Waals surface area contributed by atoms with Crippen molar-refractivity contribution in [3.8, 4) is 16.9 Å². The summed E-state index contributed by atoms with van der Waals surface area (Å²) < 4.78 is 8.92. The molecule has 4 nitrogen and oxygen atoms in total. The van der Waals surface area contributed by atoms with Gasteiger partial charge in [-0.15, -0.1) is 0 Å². The topological polar surface area (TPSA) is 34.2 Å². The molecule has 4 heteroatoms. The van der Waals surface area contributed by atoms with Gasteiger partial charge in [-0.05, 0) is 60.7 Å². The number of hydrogen-bond donors (Lipinski definition) is 0. The van der Waals surface area contributed by atoms with Gasteiger partial charge in [0.05, 0.1) is 39.2 Å². The predicted molar refractivity (Wildman–Crippen MR) is 160 cm³/mol. The van der Waals surface area contributed by atoms with Crippen LogP contribution < -0.4 is 4.90 Å². The van der Waals surface area contributed by atoms with Gasteiger partial charge >= 0.3 is 0 Å². The van der Waals surface area contributed by atoms with E-state index >= 15 is 0 Å². The van der Waals surface area contributed by atoms with Gasteiger partial charge in [-0.25, -0.2) is 0 Å². The van der Waals surface area contributed by atoms with Gasteiger partial charge in [-0.2, -0.15) is 0 Å². The molecule has 0 fully saturated rings. The van der Waals surface area contributed by atoms with Gasteiger partial charge in [0, 0.05) is 33.6 Å². The standard InChI is InChI=1S/C35H21N3O/c1-4-14-32-24(8-1)25-19-20-30-33(35(25)39-32)26-9-7-13-31-34(26)38(30)29-12-3-2-11-28(29)37(31)23-17-15-22(16-18-23)27-10-5-6-21-36-27/h1-21H. The van der Waals surface area contributed by atoms with Gasteiger partial charge in [-0.1, -0.05) is 60.7 Å². The first kappa shape index (κ1) is 20.7. The molecule has 0 N–H and O–H groups in total. The van der Waals surface area contributed by atoms with Crippen LogP contribution in [0.3, 0.4) is 0 Å². The molecule has 1 aliphatic rings. The summed E-state index contributed by atoms with van der Waals surface area (Å²) in [6.07, 6.45) is 1.84. The zero-order valence-electron chi connectivity index (χ0n) is 20.9. The third-order valence-corrected chi connectivity index (χ3v) is 7.96. The minimum Gasteiger partial charge on any atom is -0.455 e. The fraction of sp³-hybridized carbons (Fsp3) is 0. The predicted octanol–water partition coefficient (Wildman–Crippen LogP) is 9.53. The normalized spacial score (nSPS) is 12.6. The molecular weight excluding hydrogens is 478 g/mol. The summed E-state index contributed by atoms with van der Waals surface area (Å²) in [6.45, 7) is 0. The van der Waals surface area contributed by atoms with Crippen molar-refractivity contribution in [3.63, 3.8) is 0 Å². The molecule has 9 rings (SSSR count). The van der Waals surface area contributed by atoms with E-state index in [4.69, 9.17) is 4.42 Å². The maximum atomic E-state index is 6.51. The van der Waals surface area contributed by atoms with Crippen LogP contribution >= 0.6 is 0 Å². The number of hydrogen-bond acceptors (Lipinski definition) is 3. The molecule has 0 amide bonds. The highest BCUT2D eigenvalue weighted by atomic mass is 16.3. The molecule has 39 heavy (non-hydrogen) atoms. The monoisotopic (exact) mass is 499 g/mol. The van der Waals surface area contributed by atoms with Gasteiger partial charge in [0.25, 0.3) is 0 Å². The lowest BCUT2D eigenvalue weighted by molar-refractivity contribution is 0.673. The number of benzene rings is 5. The van der Waals surface area contributed by atoms with Crippen molar-refractivity contribution in [1.82, 2.24) is 9.55 Å². The quantitative estimate of drug-likeness (QED) is 0.237. The maximum absolute atomic E-state index is 6.51. The second-order valence-corrected chi connectivity index (χ2v) is 10.0. The second-order valence-electron chi connectivity index (χ2n) is 10.0. The van der Waals surface area contributed by atoms with E-state index in [2.05, 4.69) is 112 Å². The summed E-state index contributed by atoms with van der Waals surface area (Å²) in [4.78, 5) is 6.90. The number of anilines is 3. The third kappa shape index (κ3) is 2.75. The number of pyridine rings is 1. The molecule has 0 saturated carbocycles. The van der Waals surface area contributed by atoms with Gasteiger partial charge in [-0.3, -0.25) is 4.98 Å². The van der Waals surface area contributed by atoms with Crippen molar-refractivity contribution in [2.75, 3.05) is 4.90 Å². The Bertz CT molecular complexity index is 2220. The van der Waals surface area contributed by atoms with Crippen LogP contribution in [-0.4, -0.2) is 9.55 Å². The molecular formula is C35H21N3O. The van der Waals surface area contributed by atoms with Crippen molar-refractivity contribution >= 4 is 60.8 Å². The van der Waals surface area contributed by atoms with Crippen molar-refractivity contribution in [2.24, 2.45) is 0 Å². The second kappa shape index (κ2) is 7.59. The SMILES string of the molecule is c1ccc(-c2ccc(N3c4ccccc4-n4c5ccc6c7ccccc7oc6c5c5cccc3c54)cc2)nc1. The lowest BCUT2D eigenvalue weighted by Gasteiger charge is -2.33. The fourth-order valence-corrected chi connectivity index (χ4v) is 6.31. The average molecular weight is 500 g/mol. The van der Waals surface area contributed by atoms with Crippen molar-refractivity contribution in [3.05, 3.63) is 128 Å². The van der Waals surface area contributed by atoms with E-state index in [1.54, 1.807) is 0 Å². The minimum atomic E-state index is 0.918. The maximum Gasteiger partial charge on any atom is 0.145 e. The number of para-hydroxylation sites is 4. The van der Waals surface area contributed by atoms with E-state index in [1.807, 2.05) is 30.5 Å². The molecule has 4 heterocycles. The van der Waals surface area contributed by atoms with Crippen LogP contribution in [0.25, 0.3) is 60.7 Å². The minimum absolute atomic E-state index is 0.918. The van der Waals surface area contributed by atoms with E-state index < -0.39 is 0 Å². The largest absolute Gasteiger partial charge is 0.455 e. The first-order valence-electron chi connectivity index (χ1n) is 13.2. The Morgan fingerprint density at radius 3 is 2.21 bits per heavy atom. The summed E-state index contributed by atoms with van der Waals surface area (Å²) in [5, 5.41) is 4.65. The molecule has 0 unspecified atom stereocenters. The summed E-state index contributed by atoms with van der Waals surface area (Å²) in [6, 6.07) is 42.7. The van der Waals surface area contributed by atoms with Crippen molar-refractivity contribution < 1.29 is 4.42 Å². The van der Waals surface area contributed by atoms with Crippen LogP contribution in [0.1, 0.15) is 0 Å². The van der Waals surface area contributed by atoms with Gasteiger partial charge < -0.3 is 13.9 Å². The van der Waals surface area contributed by atoms with Gasteiger partial charge in [0.15, 0.2) is 0 Å². The summed E-state index contributed by atoms with van der Waals surface area (Å²) in [5.74, 6) is 0. The van der Waals surface area contributed by atoms with Gasteiger partial charge in [0.2, 0.25) is 0 Å². The number of furan rings is 1. The lowest BCUT2D eigenvalue weighted by atomic mass is 10.1. The molecule has 0 bridgehead atoms. The number of rotatable bonds is 2. The number of nitrogens with zero attached hydrogens (tertiary/aromatic N) is 3.